The number of nitrogens with zero attached hydrogens (tertiary/aromatic N) is 1. The van der Waals surface area contributed by atoms with Crippen LogP contribution < -0.4 is 4.72 Å². The predicted octanol–water partition coefficient (Wildman–Crippen LogP) is 1.10. The van der Waals surface area contributed by atoms with Gasteiger partial charge in [0, 0.05) is 19.1 Å². The van der Waals surface area contributed by atoms with E-state index in [1.807, 2.05) is 13.8 Å². The summed E-state index contributed by atoms with van der Waals surface area (Å²) in [6.45, 7) is 5.07. The van der Waals surface area contributed by atoms with E-state index in [1.54, 1.807) is 0 Å². The normalized spacial score (nSPS) is 20.9. The Kier molecular flexibility index (Phi) is 6.55. The Morgan fingerprint density at radius 1 is 1.17 bits per heavy atom. The average molecular weight is 278 g/mol. The van der Waals surface area contributed by atoms with Gasteiger partial charge < -0.3 is 5.11 Å². The van der Waals surface area contributed by atoms with Crippen LogP contribution >= 0.6 is 0 Å². The molecule has 18 heavy (non-hydrogen) atoms. The minimum Gasteiger partial charge on any atom is -0.395 e. The molecule has 1 rings (SSSR count). The Morgan fingerprint density at radius 2 is 1.72 bits per heavy atom. The average Bonchev–Trinajstić information content (AvgIpc) is 2.56. The third-order valence-electron chi connectivity index (χ3n) is 3.20. The lowest BCUT2D eigenvalue weighted by molar-refractivity contribution is 0.237. The van der Waals surface area contributed by atoms with Gasteiger partial charge in [0.05, 0.1) is 6.61 Å². The number of aliphatic hydroxyl groups excluding tert-OH is 1. The molecule has 6 heteroatoms. The Balaban J connectivity index is 2.60. The highest BCUT2D eigenvalue weighted by atomic mass is 32.2. The van der Waals surface area contributed by atoms with E-state index in [1.165, 1.54) is 4.31 Å². The van der Waals surface area contributed by atoms with Crippen molar-refractivity contribution in [2.45, 2.75) is 52.0 Å². The van der Waals surface area contributed by atoms with Crippen LogP contribution in [0.25, 0.3) is 0 Å². The molecule has 0 spiro atoms. The summed E-state index contributed by atoms with van der Waals surface area (Å²) < 4.78 is 28.5. The van der Waals surface area contributed by atoms with Crippen LogP contribution in [0.15, 0.2) is 0 Å². The van der Waals surface area contributed by atoms with Gasteiger partial charge in [-0.2, -0.15) is 17.4 Å². The zero-order valence-electron chi connectivity index (χ0n) is 11.4. The summed E-state index contributed by atoms with van der Waals surface area (Å²) in [4.78, 5) is 0. The molecule has 0 aromatic heterocycles. The van der Waals surface area contributed by atoms with Crippen LogP contribution in [0.2, 0.25) is 0 Å². The molecule has 2 N–H and O–H groups in total. The molecule has 0 amide bonds. The van der Waals surface area contributed by atoms with Gasteiger partial charge in [-0.3, -0.25) is 0 Å². The van der Waals surface area contributed by atoms with E-state index in [9.17, 15) is 13.5 Å². The van der Waals surface area contributed by atoms with Crippen molar-refractivity contribution in [3.05, 3.63) is 0 Å². The van der Waals surface area contributed by atoms with E-state index < -0.39 is 10.2 Å². The molecule has 0 aromatic rings. The topological polar surface area (TPSA) is 69.6 Å². The molecule has 1 unspecified atom stereocenters. The van der Waals surface area contributed by atoms with Crippen molar-refractivity contribution in [3.8, 4) is 0 Å². The predicted molar refractivity (Wildman–Crippen MR) is 72.4 cm³/mol. The number of nitrogens with one attached hydrogen (secondary N) is 1. The van der Waals surface area contributed by atoms with Gasteiger partial charge in [-0.15, -0.1) is 0 Å². The van der Waals surface area contributed by atoms with Crippen LogP contribution in [0, 0.1) is 5.92 Å². The molecule has 5 nitrogen and oxygen atoms in total. The van der Waals surface area contributed by atoms with Crippen LogP contribution in [-0.2, 0) is 10.2 Å². The van der Waals surface area contributed by atoms with E-state index >= 15 is 0 Å². The minimum absolute atomic E-state index is 0.148. The number of rotatable bonds is 6. The van der Waals surface area contributed by atoms with Crippen molar-refractivity contribution in [1.82, 2.24) is 9.03 Å². The van der Waals surface area contributed by atoms with Crippen molar-refractivity contribution in [2.24, 2.45) is 5.92 Å². The van der Waals surface area contributed by atoms with Gasteiger partial charge in [-0.1, -0.05) is 26.7 Å². The Bertz CT molecular complexity index is 322. The second-order valence-corrected chi connectivity index (χ2v) is 7.15. The summed E-state index contributed by atoms with van der Waals surface area (Å²) in [5, 5.41) is 9.25. The summed E-state index contributed by atoms with van der Waals surface area (Å²) in [6, 6.07) is -0.377. The Labute approximate surface area is 111 Å². The van der Waals surface area contributed by atoms with Crippen molar-refractivity contribution < 1.29 is 13.5 Å². The second kappa shape index (κ2) is 7.43. The van der Waals surface area contributed by atoms with Crippen LogP contribution in [0.5, 0.6) is 0 Å². The van der Waals surface area contributed by atoms with Crippen molar-refractivity contribution >= 4 is 10.2 Å². The van der Waals surface area contributed by atoms with Gasteiger partial charge >= 0.3 is 0 Å². The van der Waals surface area contributed by atoms with Gasteiger partial charge in [0.1, 0.15) is 0 Å². The van der Waals surface area contributed by atoms with Gasteiger partial charge in [-0.25, -0.2) is 0 Å². The maximum Gasteiger partial charge on any atom is 0.279 e. The van der Waals surface area contributed by atoms with Gasteiger partial charge in [0.15, 0.2) is 0 Å². The molecule has 1 heterocycles. The maximum atomic E-state index is 12.2. The highest BCUT2D eigenvalue weighted by molar-refractivity contribution is 7.87. The zero-order chi connectivity index (χ0) is 13.6. The first-order valence-electron chi connectivity index (χ1n) is 6.84. The molecule has 0 aromatic carbocycles. The number of aliphatic hydroxyl groups is 1. The van der Waals surface area contributed by atoms with E-state index in [4.69, 9.17) is 0 Å². The lowest BCUT2D eigenvalue weighted by atomic mass is 10.1. The molecular weight excluding hydrogens is 252 g/mol. The van der Waals surface area contributed by atoms with Crippen molar-refractivity contribution in [2.75, 3.05) is 19.7 Å². The van der Waals surface area contributed by atoms with Crippen LogP contribution in [0.4, 0.5) is 0 Å². The highest BCUT2D eigenvalue weighted by Gasteiger charge is 2.25. The number of hydrogen-bond acceptors (Lipinski definition) is 3. The van der Waals surface area contributed by atoms with Gasteiger partial charge in [0.25, 0.3) is 10.2 Å². The van der Waals surface area contributed by atoms with Gasteiger partial charge in [0.2, 0.25) is 0 Å². The van der Waals surface area contributed by atoms with Crippen molar-refractivity contribution in [3.63, 3.8) is 0 Å². The lowest BCUT2D eigenvalue weighted by Crippen LogP contribution is -2.47. The fourth-order valence-corrected chi connectivity index (χ4v) is 3.78. The molecule has 0 radical (unpaired) electrons. The third-order valence-corrected chi connectivity index (χ3v) is 4.87. The molecule has 1 aliphatic rings. The third kappa shape index (κ3) is 5.22. The summed E-state index contributed by atoms with van der Waals surface area (Å²) in [5.41, 5.74) is 0. The molecule has 1 aliphatic heterocycles. The van der Waals surface area contributed by atoms with E-state index in [-0.39, 0.29) is 12.6 Å². The molecule has 1 saturated heterocycles. The Hall–Kier alpha value is -0.170. The molecular formula is C12H26N2O3S. The monoisotopic (exact) mass is 278 g/mol. The SMILES string of the molecule is CC(C)CC(CO)NS(=O)(=O)N1CCCCCC1. The standard InChI is InChI=1S/C12H26N2O3S/c1-11(2)9-12(10-15)13-18(16,17)14-7-5-3-4-6-8-14/h11-13,15H,3-10H2,1-2H3. The fraction of sp³-hybridized carbons (Fsp3) is 1.00. The number of hydrogen-bond donors (Lipinski definition) is 2. The van der Waals surface area contributed by atoms with Crippen LogP contribution in [0.1, 0.15) is 46.0 Å². The van der Waals surface area contributed by atoms with Crippen molar-refractivity contribution in [1.29, 1.82) is 0 Å². The largest absolute Gasteiger partial charge is 0.395 e. The molecule has 0 aliphatic carbocycles. The summed E-state index contributed by atoms with van der Waals surface area (Å²) in [6.07, 6.45) is 4.70. The molecule has 1 atom stereocenters. The molecule has 0 bridgehead atoms. The first-order valence-corrected chi connectivity index (χ1v) is 8.28. The van der Waals surface area contributed by atoms with E-state index in [2.05, 4.69) is 4.72 Å². The molecule has 1 fully saturated rings. The Morgan fingerprint density at radius 3 is 2.17 bits per heavy atom. The quantitative estimate of drug-likeness (QED) is 0.764. The summed E-state index contributed by atoms with van der Waals surface area (Å²) in [5.74, 6) is 0.356. The fourth-order valence-electron chi connectivity index (χ4n) is 2.30. The van der Waals surface area contributed by atoms with E-state index in [0.29, 0.717) is 25.4 Å². The zero-order valence-corrected chi connectivity index (χ0v) is 12.2. The highest BCUT2D eigenvalue weighted by Crippen LogP contribution is 2.14. The molecule has 108 valence electrons. The van der Waals surface area contributed by atoms with Crippen LogP contribution in [0.3, 0.4) is 0 Å². The lowest BCUT2D eigenvalue weighted by Gasteiger charge is -2.24. The summed E-state index contributed by atoms with van der Waals surface area (Å²) >= 11 is 0. The second-order valence-electron chi connectivity index (χ2n) is 5.45. The smallest absolute Gasteiger partial charge is 0.279 e. The first kappa shape index (κ1) is 15.9. The van der Waals surface area contributed by atoms with E-state index in [0.717, 1.165) is 25.7 Å². The minimum atomic E-state index is -3.44. The van der Waals surface area contributed by atoms with Crippen LogP contribution in [-0.4, -0.2) is 43.6 Å². The summed E-state index contributed by atoms with van der Waals surface area (Å²) in [7, 11) is -3.44. The maximum absolute atomic E-state index is 12.2. The molecule has 0 saturated carbocycles. The first-order chi connectivity index (χ1) is 8.45. The van der Waals surface area contributed by atoms with Gasteiger partial charge in [-0.05, 0) is 25.2 Å².